The summed E-state index contributed by atoms with van der Waals surface area (Å²) in [7, 11) is 0. The summed E-state index contributed by atoms with van der Waals surface area (Å²) in [6, 6.07) is 13.9. The van der Waals surface area contributed by atoms with Crippen LogP contribution in [0.5, 0.6) is 0 Å². The first kappa shape index (κ1) is 18.9. The number of anilines is 1. The van der Waals surface area contributed by atoms with Crippen LogP contribution in [0.15, 0.2) is 48.5 Å². The summed E-state index contributed by atoms with van der Waals surface area (Å²) in [5.41, 5.74) is 2.29. The van der Waals surface area contributed by atoms with Crippen LogP contribution in [0.2, 0.25) is 0 Å². The third-order valence-corrected chi connectivity index (χ3v) is 5.18. The maximum absolute atomic E-state index is 12.6. The lowest BCUT2D eigenvalue weighted by Crippen LogP contribution is -2.36. The van der Waals surface area contributed by atoms with Crippen molar-refractivity contribution in [2.75, 3.05) is 11.4 Å². The predicted octanol–water partition coefficient (Wildman–Crippen LogP) is 2.75. The van der Waals surface area contributed by atoms with E-state index in [4.69, 9.17) is 4.84 Å². The van der Waals surface area contributed by atoms with Crippen molar-refractivity contribution >= 4 is 29.4 Å². The normalized spacial score (nSPS) is 18.4. The fraction of sp³-hybridized carbons (Fsp3) is 0.273. The van der Waals surface area contributed by atoms with Crippen LogP contribution < -0.4 is 4.90 Å². The number of imide groups is 1. The number of hydroxylamine groups is 2. The molecule has 0 N–H and O–H groups in total. The summed E-state index contributed by atoms with van der Waals surface area (Å²) in [5.74, 6) is -3.06. The molecule has 7 heteroatoms. The van der Waals surface area contributed by atoms with Gasteiger partial charge in [0.1, 0.15) is 0 Å². The number of rotatable bonds is 5. The van der Waals surface area contributed by atoms with Crippen LogP contribution in [0.4, 0.5) is 5.69 Å². The van der Waals surface area contributed by atoms with Gasteiger partial charge in [0.15, 0.2) is 0 Å². The molecule has 1 atom stereocenters. The minimum Gasteiger partial charge on any atom is -0.329 e. The number of nitrogens with zero attached hydrogens (tertiary/aromatic N) is 2. The van der Waals surface area contributed by atoms with Crippen molar-refractivity contribution in [3.05, 3.63) is 65.2 Å². The van der Waals surface area contributed by atoms with Gasteiger partial charge in [-0.3, -0.25) is 14.4 Å². The largest absolute Gasteiger partial charge is 0.338 e. The first-order valence-electron chi connectivity index (χ1n) is 9.58. The molecule has 1 fully saturated rings. The number of hydrogen-bond acceptors (Lipinski definition) is 5. The SMILES string of the molecule is CCCc1ccc(N2CC(C(=O)ON3C(=O)c4ccccc4C3=O)CC2=O)cc1. The number of benzene rings is 2. The van der Waals surface area contributed by atoms with Gasteiger partial charge in [-0.1, -0.05) is 42.7 Å². The molecular formula is C22H20N2O5. The minimum atomic E-state index is -0.766. The maximum Gasteiger partial charge on any atom is 0.338 e. The van der Waals surface area contributed by atoms with Crippen molar-refractivity contribution in [2.45, 2.75) is 26.2 Å². The summed E-state index contributed by atoms with van der Waals surface area (Å²) in [6.45, 7) is 2.25. The molecule has 2 aliphatic rings. The number of fused-ring (bicyclic) bond motifs is 1. The smallest absolute Gasteiger partial charge is 0.329 e. The van der Waals surface area contributed by atoms with E-state index in [0.29, 0.717) is 10.8 Å². The molecule has 2 aliphatic heterocycles. The van der Waals surface area contributed by atoms with Crippen LogP contribution in [-0.2, 0) is 20.8 Å². The fourth-order valence-corrected chi connectivity index (χ4v) is 3.66. The second-order valence-electron chi connectivity index (χ2n) is 7.18. The summed E-state index contributed by atoms with van der Waals surface area (Å²) < 4.78 is 0. The Labute approximate surface area is 167 Å². The van der Waals surface area contributed by atoms with Crippen LogP contribution in [-0.4, -0.2) is 35.3 Å². The van der Waals surface area contributed by atoms with Gasteiger partial charge in [0.25, 0.3) is 11.8 Å². The van der Waals surface area contributed by atoms with Gasteiger partial charge in [0, 0.05) is 18.7 Å². The van der Waals surface area contributed by atoms with E-state index in [9.17, 15) is 19.2 Å². The quantitative estimate of drug-likeness (QED) is 0.731. The van der Waals surface area contributed by atoms with Gasteiger partial charge >= 0.3 is 5.97 Å². The summed E-state index contributed by atoms with van der Waals surface area (Å²) >= 11 is 0. The minimum absolute atomic E-state index is 0.0291. The van der Waals surface area contributed by atoms with Crippen LogP contribution in [0.3, 0.4) is 0 Å². The molecule has 0 saturated carbocycles. The molecule has 0 aliphatic carbocycles. The Morgan fingerprint density at radius 3 is 2.21 bits per heavy atom. The number of hydrogen-bond donors (Lipinski definition) is 0. The highest BCUT2D eigenvalue weighted by atomic mass is 16.7. The van der Waals surface area contributed by atoms with Crippen LogP contribution in [0, 0.1) is 5.92 Å². The molecule has 0 radical (unpaired) electrons. The molecule has 29 heavy (non-hydrogen) atoms. The first-order valence-corrected chi connectivity index (χ1v) is 9.58. The fourth-order valence-electron chi connectivity index (χ4n) is 3.66. The van der Waals surface area contributed by atoms with Gasteiger partial charge in [-0.2, -0.15) is 0 Å². The maximum atomic E-state index is 12.6. The van der Waals surface area contributed by atoms with Crippen molar-refractivity contribution in [1.29, 1.82) is 0 Å². The molecule has 2 aromatic carbocycles. The molecule has 148 valence electrons. The summed E-state index contributed by atoms with van der Waals surface area (Å²) in [5, 5.41) is 0.486. The number of carbonyl (C=O) groups is 4. The zero-order valence-electron chi connectivity index (χ0n) is 16.0. The number of aryl methyl sites for hydroxylation is 1. The van der Waals surface area contributed by atoms with Gasteiger partial charge in [-0.25, -0.2) is 4.79 Å². The highest BCUT2D eigenvalue weighted by Crippen LogP contribution is 2.28. The van der Waals surface area contributed by atoms with Gasteiger partial charge in [0.2, 0.25) is 5.91 Å². The second-order valence-corrected chi connectivity index (χ2v) is 7.18. The van der Waals surface area contributed by atoms with Crippen molar-refractivity contribution in [2.24, 2.45) is 5.92 Å². The topological polar surface area (TPSA) is 84.0 Å². The van der Waals surface area contributed by atoms with E-state index in [0.717, 1.165) is 12.8 Å². The van der Waals surface area contributed by atoms with Gasteiger partial charge < -0.3 is 9.74 Å². The molecule has 2 aromatic rings. The van der Waals surface area contributed by atoms with E-state index >= 15 is 0 Å². The zero-order chi connectivity index (χ0) is 20.5. The van der Waals surface area contributed by atoms with Crippen LogP contribution >= 0.6 is 0 Å². The highest BCUT2D eigenvalue weighted by molar-refractivity contribution is 6.21. The predicted molar refractivity (Wildman–Crippen MR) is 104 cm³/mol. The van der Waals surface area contributed by atoms with Gasteiger partial charge in [-0.05, 0) is 36.2 Å². The van der Waals surface area contributed by atoms with E-state index in [2.05, 4.69) is 6.92 Å². The van der Waals surface area contributed by atoms with E-state index in [1.807, 2.05) is 24.3 Å². The van der Waals surface area contributed by atoms with Crippen LogP contribution in [0.25, 0.3) is 0 Å². The highest BCUT2D eigenvalue weighted by Gasteiger charge is 2.42. The van der Waals surface area contributed by atoms with Gasteiger partial charge in [0.05, 0.1) is 17.0 Å². The molecule has 4 rings (SSSR count). The Hall–Kier alpha value is -3.48. The lowest BCUT2D eigenvalue weighted by molar-refractivity contribution is -0.173. The average Bonchev–Trinajstić information content (AvgIpc) is 3.23. The first-order chi connectivity index (χ1) is 14.0. The lowest BCUT2D eigenvalue weighted by atomic mass is 10.1. The summed E-state index contributed by atoms with van der Waals surface area (Å²) in [6.07, 6.45) is 1.97. The Morgan fingerprint density at radius 1 is 1.00 bits per heavy atom. The van der Waals surface area contributed by atoms with Gasteiger partial charge in [-0.15, -0.1) is 0 Å². The standard InChI is InChI=1S/C22H20N2O5/c1-2-5-14-8-10-16(11-9-14)23-13-15(12-19(23)25)22(28)29-24-20(26)17-6-3-4-7-18(17)21(24)27/h3-4,6-11,15H,2,5,12-13H2,1H3. The number of carbonyl (C=O) groups excluding carboxylic acids is 4. The molecule has 3 amide bonds. The Kier molecular flexibility index (Phi) is 4.88. The molecule has 0 aromatic heterocycles. The van der Waals surface area contributed by atoms with E-state index in [-0.39, 0.29) is 30.0 Å². The lowest BCUT2D eigenvalue weighted by Gasteiger charge is -2.18. The second kappa shape index (κ2) is 7.50. The molecule has 1 unspecified atom stereocenters. The van der Waals surface area contributed by atoms with Crippen molar-refractivity contribution in [3.8, 4) is 0 Å². The average molecular weight is 392 g/mol. The van der Waals surface area contributed by atoms with Crippen LogP contribution in [0.1, 0.15) is 46.0 Å². The molecule has 0 bridgehead atoms. The van der Waals surface area contributed by atoms with E-state index in [1.54, 1.807) is 12.1 Å². The van der Waals surface area contributed by atoms with E-state index < -0.39 is 23.7 Å². The molecule has 2 heterocycles. The summed E-state index contributed by atoms with van der Waals surface area (Å²) in [4.78, 5) is 56.3. The Morgan fingerprint density at radius 2 is 1.62 bits per heavy atom. The van der Waals surface area contributed by atoms with Crippen molar-refractivity contribution in [1.82, 2.24) is 5.06 Å². The Balaban J connectivity index is 1.44. The van der Waals surface area contributed by atoms with E-state index in [1.165, 1.54) is 22.6 Å². The molecule has 0 spiro atoms. The number of amides is 3. The third-order valence-electron chi connectivity index (χ3n) is 5.18. The molecule has 7 nitrogen and oxygen atoms in total. The van der Waals surface area contributed by atoms with Crippen molar-refractivity contribution < 1.29 is 24.0 Å². The third kappa shape index (κ3) is 3.40. The van der Waals surface area contributed by atoms with Crippen molar-refractivity contribution in [3.63, 3.8) is 0 Å². The molecule has 1 saturated heterocycles. The molecular weight excluding hydrogens is 372 g/mol. The Bertz CT molecular complexity index is 964. The monoisotopic (exact) mass is 392 g/mol. The zero-order valence-corrected chi connectivity index (χ0v) is 16.0.